The van der Waals surface area contributed by atoms with E-state index in [1.54, 1.807) is 36.4 Å². The van der Waals surface area contributed by atoms with E-state index in [2.05, 4.69) is 0 Å². The van der Waals surface area contributed by atoms with Gasteiger partial charge in [-0.25, -0.2) is 0 Å². The Labute approximate surface area is 174 Å². The van der Waals surface area contributed by atoms with Gasteiger partial charge in [-0.15, -0.1) is 0 Å². The molecule has 1 aromatic heterocycles. The molecule has 5 nitrogen and oxygen atoms in total. The monoisotopic (exact) mass is 440 g/mol. The maximum Gasteiger partial charge on any atom is 0.266 e. The van der Waals surface area contributed by atoms with Crippen molar-refractivity contribution in [3.8, 4) is 11.3 Å². The standard InChI is InChI=1S/C18H13Cl2NO4S2/c19-10-3-5-13(20)12(8-10)14-6-4-11(25-14)9-15-17(24)21(18(26)27-15)7-1-2-16(22)23/h3-6,8-9H,1-2,7H2,(H,22,23)/p-1/b15-9-. The van der Waals surface area contributed by atoms with E-state index >= 15 is 0 Å². The number of amides is 1. The second kappa shape index (κ2) is 8.48. The van der Waals surface area contributed by atoms with Crippen LogP contribution in [0, 0.1) is 0 Å². The Morgan fingerprint density at radius 3 is 2.81 bits per heavy atom. The summed E-state index contributed by atoms with van der Waals surface area (Å²) in [4.78, 5) is 24.8. The minimum absolute atomic E-state index is 0.127. The van der Waals surface area contributed by atoms with E-state index in [0.29, 0.717) is 36.4 Å². The minimum atomic E-state index is -1.15. The first-order chi connectivity index (χ1) is 12.8. The van der Waals surface area contributed by atoms with Gasteiger partial charge >= 0.3 is 0 Å². The third-order valence-electron chi connectivity index (χ3n) is 3.73. The fourth-order valence-corrected chi connectivity index (χ4v) is 4.14. The number of thiocarbonyl (C=S) groups is 1. The number of thioether (sulfide) groups is 1. The molecule has 1 aromatic carbocycles. The maximum atomic E-state index is 12.5. The smallest absolute Gasteiger partial charge is 0.266 e. The van der Waals surface area contributed by atoms with Crippen LogP contribution < -0.4 is 5.11 Å². The summed E-state index contributed by atoms with van der Waals surface area (Å²) < 4.78 is 6.15. The number of benzene rings is 1. The van der Waals surface area contributed by atoms with E-state index in [4.69, 9.17) is 39.8 Å². The highest BCUT2D eigenvalue weighted by Crippen LogP contribution is 2.35. The van der Waals surface area contributed by atoms with Crippen LogP contribution in [-0.4, -0.2) is 27.6 Å². The van der Waals surface area contributed by atoms with Crippen LogP contribution in [0.15, 0.2) is 39.7 Å². The molecule has 1 fully saturated rings. The summed E-state index contributed by atoms with van der Waals surface area (Å²) in [6.07, 6.45) is 1.75. The number of carboxylic acids is 1. The van der Waals surface area contributed by atoms with Crippen LogP contribution in [0.5, 0.6) is 0 Å². The van der Waals surface area contributed by atoms with Crippen LogP contribution in [0.2, 0.25) is 10.0 Å². The van der Waals surface area contributed by atoms with Crippen LogP contribution in [0.4, 0.5) is 0 Å². The molecule has 0 atom stereocenters. The average molecular weight is 441 g/mol. The summed E-state index contributed by atoms with van der Waals surface area (Å²) in [5.74, 6) is -0.435. The quantitative estimate of drug-likeness (QED) is 0.499. The minimum Gasteiger partial charge on any atom is -0.550 e. The fourth-order valence-electron chi connectivity index (χ4n) is 2.46. The summed E-state index contributed by atoms with van der Waals surface area (Å²) in [5, 5.41) is 11.5. The second-order valence-corrected chi connectivity index (χ2v) is 8.15. The number of halogens is 2. The first-order valence-electron chi connectivity index (χ1n) is 7.85. The average Bonchev–Trinajstić information content (AvgIpc) is 3.17. The van der Waals surface area contributed by atoms with E-state index in [0.717, 1.165) is 11.8 Å². The molecular weight excluding hydrogens is 429 g/mol. The van der Waals surface area contributed by atoms with Gasteiger partial charge in [0.15, 0.2) is 0 Å². The molecule has 0 N–H and O–H groups in total. The van der Waals surface area contributed by atoms with Crippen molar-refractivity contribution in [3.63, 3.8) is 0 Å². The Morgan fingerprint density at radius 1 is 1.30 bits per heavy atom. The number of hydrogen-bond donors (Lipinski definition) is 0. The second-order valence-electron chi connectivity index (χ2n) is 5.64. The first kappa shape index (κ1) is 19.9. The molecule has 0 spiro atoms. The normalized spacial score (nSPS) is 15.8. The van der Waals surface area contributed by atoms with Crippen LogP contribution >= 0.6 is 47.2 Å². The molecule has 1 amide bonds. The summed E-state index contributed by atoms with van der Waals surface area (Å²) in [6.45, 7) is 0.234. The van der Waals surface area contributed by atoms with Gasteiger partial charge in [0.05, 0.1) is 9.93 Å². The fraction of sp³-hybridized carbons (Fsp3) is 0.167. The molecule has 0 unspecified atom stereocenters. The highest BCUT2D eigenvalue weighted by molar-refractivity contribution is 8.26. The number of carbonyl (C=O) groups excluding carboxylic acids is 2. The molecule has 2 heterocycles. The predicted molar refractivity (Wildman–Crippen MR) is 108 cm³/mol. The van der Waals surface area contributed by atoms with Gasteiger partial charge in [-0.2, -0.15) is 0 Å². The highest BCUT2D eigenvalue weighted by atomic mass is 35.5. The third kappa shape index (κ3) is 4.73. The van der Waals surface area contributed by atoms with Crippen molar-refractivity contribution in [2.24, 2.45) is 0 Å². The lowest BCUT2D eigenvalue weighted by atomic mass is 10.2. The zero-order valence-corrected chi connectivity index (χ0v) is 16.9. The maximum absolute atomic E-state index is 12.5. The van der Waals surface area contributed by atoms with Gasteiger partial charge in [-0.1, -0.05) is 47.2 Å². The number of aliphatic carboxylic acids is 1. The number of furan rings is 1. The topological polar surface area (TPSA) is 73.6 Å². The first-order valence-corrected chi connectivity index (χ1v) is 9.83. The molecule has 0 bridgehead atoms. The van der Waals surface area contributed by atoms with E-state index in [-0.39, 0.29) is 25.3 Å². The number of carboxylic acid groups (broad SMARTS) is 1. The Morgan fingerprint density at radius 2 is 2.07 bits per heavy atom. The van der Waals surface area contributed by atoms with Gasteiger partial charge in [0, 0.05) is 29.2 Å². The molecule has 140 valence electrons. The molecular formula is C18H12Cl2NO4S2-. The SMILES string of the molecule is O=C([O-])CCCN1C(=O)/C(=C/c2ccc(-c3cc(Cl)ccc3Cl)o2)SC1=S. The number of nitrogens with zero attached hydrogens (tertiary/aromatic N) is 1. The lowest BCUT2D eigenvalue weighted by molar-refractivity contribution is -0.305. The van der Waals surface area contributed by atoms with Gasteiger partial charge in [0.1, 0.15) is 15.8 Å². The van der Waals surface area contributed by atoms with E-state index < -0.39 is 5.97 Å². The Balaban J connectivity index is 1.77. The summed E-state index contributed by atoms with van der Waals surface area (Å²) in [6, 6.07) is 8.52. The van der Waals surface area contributed by atoms with E-state index in [9.17, 15) is 14.7 Å². The number of hydrogen-bond acceptors (Lipinski definition) is 6. The van der Waals surface area contributed by atoms with Crippen LogP contribution in [0.3, 0.4) is 0 Å². The molecule has 1 aliphatic heterocycles. The molecule has 1 saturated heterocycles. The predicted octanol–water partition coefficient (Wildman–Crippen LogP) is 3.98. The van der Waals surface area contributed by atoms with Crippen molar-refractivity contribution >= 4 is 69.5 Å². The number of rotatable bonds is 6. The van der Waals surface area contributed by atoms with Crippen LogP contribution in [0.1, 0.15) is 18.6 Å². The zero-order valence-electron chi connectivity index (χ0n) is 13.7. The molecule has 1 aliphatic rings. The van der Waals surface area contributed by atoms with Crippen LogP contribution in [-0.2, 0) is 9.59 Å². The van der Waals surface area contributed by atoms with Crippen molar-refractivity contribution in [1.82, 2.24) is 4.90 Å². The van der Waals surface area contributed by atoms with Crippen molar-refractivity contribution in [2.75, 3.05) is 6.54 Å². The largest absolute Gasteiger partial charge is 0.550 e. The van der Waals surface area contributed by atoms with Gasteiger partial charge in [-0.3, -0.25) is 9.69 Å². The van der Waals surface area contributed by atoms with Crippen molar-refractivity contribution in [1.29, 1.82) is 0 Å². The molecule has 2 aromatic rings. The van der Waals surface area contributed by atoms with E-state index in [1.807, 2.05) is 0 Å². The molecule has 0 radical (unpaired) electrons. The van der Waals surface area contributed by atoms with E-state index in [1.165, 1.54) is 4.90 Å². The Bertz CT molecular complexity index is 955. The van der Waals surface area contributed by atoms with Crippen LogP contribution in [0.25, 0.3) is 17.4 Å². The molecule has 9 heteroatoms. The zero-order chi connectivity index (χ0) is 19.6. The van der Waals surface area contributed by atoms with Crippen molar-refractivity contribution in [3.05, 3.63) is 51.0 Å². The number of carbonyl (C=O) groups is 2. The van der Waals surface area contributed by atoms with Gasteiger partial charge < -0.3 is 14.3 Å². The van der Waals surface area contributed by atoms with Gasteiger partial charge in [-0.05, 0) is 43.2 Å². The highest BCUT2D eigenvalue weighted by Gasteiger charge is 2.31. The lowest BCUT2D eigenvalue weighted by Crippen LogP contribution is -2.30. The molecule has 0 saturated carbocycles. The van der Waals surface area contributed by atoms with Gasteiger partial charge in [0.25, 0.3) is 5.91 Å². The van der Waals surface area contributed by atoms with Crippen molar-refractivity contribution in [2.45, 2.75) is 12.8 Å². The molecule has 27 heavy (non-hydrogen) atoms. The Kier molecular flexibility index (Phi) is 6.26. The summed E-state index contributed by atoms with van der Waals surface area (Å²) in [7, 11) is 0. The lowest BCUT2D eigenvalue weighted by Gasteiger charge is -2.14. The molecule has 0 aliphatic carbocycles. The Hall–Kier alpha value is -1.80. The summed E-state index contributed by atoms with van der Waals surface area (Å²) >= 11 is 18.5. The van der Waals surface area contributed by atoms with Crippen molar-refractivity contribution < 1.29 is 19.1 Å². The van der Waals surface area contributed by atoms with Gasteiger partial charge in [0.2, 0.25) is 0 Å². The third-order valence-corrected chi connectivity index (χ3v) is 5.67. The molecule has 3 rings (SSSR count). The summed E-state index contributed by atoms with van der Waals surface area (Å²) in [5.41, 5.74) is 0.652.